The third kappa shape index (κ3) is 2.33. The van der Waals surface area contributed by atoms with E-state index in [2.05, 4.69) is 22.9 Å². The third-order valence-corrected chi connectivity index (χ3v) is 4.14. The number of rotatable bonds is 2. The van der Waals surface area contributed by atoms with Crippen molar-refractivity contribution < 1.29 is 0 Å². The van der Waals surface area contributed by atoms with Crippen LogP contribution in [0.2, 0.25) is 0 Å². The van der Waals surface area contributed by atoms with E-state index in [1.807, 2.05) is 30.9 Å². The second-order valence-electron chi connectivity index (χ2n) is 4.32. The Morgan fingerprint density at radius 2 is 2.44 bits per heavy atom. The maximum Gasteiger partial charge on any atom is 0.133 e. The van der Waals surface area contributed by atoms with Gasteiger partial charge in [-0.3, -0.25) is 0 Å². The molecule has 0 spiro atoms. The molecule has 0 radical (unpaired) electrons. The lowest BCUT2D eigenvalue weighted by Gasteiger charge is -2.35. The van der Waals surface area contributed by atoms with E-state index in [1.165, 1.54) is 11.5 Å². The monoisotopic (exact) mass is 237 g/mol. The third-order valence-electron chi connectivity index (χ3n) is 2.95. The van der Waals surface area contributed by atoms with Gasteiger partial charge in [-0.2, -0.15) is 11.8 Å². The number of anilines is 1. The maximum atomic E-state index is 5.99. The number of nitrogens with zero attached hydrogens (tertiary/aromatic N) is 2. The quantitative estimate of drug-likeness (QED) is 0.855. The molecule has 0 amide bonds. The molecule has 0 saturated carbocycles. The van der Waals surface area contributed by atoms with Gasteiger partial charge in [0.15, 0.2) is 0 Å². The van der Waals surface area contributed by atoms with E-state index in [0.717, 1.165) is 17.9 Å². The predicted octanol–water partition coefficient (Wildman–Crippen LogP) is 2.04. The highest BCUT2D eigenvalue weighted by atomic mass is 32.2. The number of hydrogen-bond acceptors (Lipinski definition) is 4. The molecular formula is C12H19N3S. The number of nitrogens with two attached hydrogens (primary N) is 1. The van der Waals surface area contributed by atoms with Crippen molar-refractivity contribution in [3.05, 3.63) is 23.9 Å². The molecule has 1 saturated heterocycles. The van der Waals surface area contributed by atoms with Crippen molar-refractivity contribution in [3.63, 3.8) is 0 Å². The molecule has 88 valence electrons. The van der Waals surface area contributed by atoms with Crippen molar-refractivity contribution in [2.24, 2.45) is 5.73 Å². The van der Waals surface area contributed by atoms with Gasteiger partial charge in [-0.25, -0.2) is 4.98 Å². The molecule has 1 aromatic rings. The van der Waals surface area contributed by atoms with Crippen LogP contribution >= 0.6 is 11.8 Å². The average Bonchev–Trinajstić information content (AvgIpc) is 2.29. The van der Waals surface area contributed by atoms with E-state index < -0.39 is 0 Å². The van der Waals surface area contributed by atoms with Crippen LogP contribution in [0.3, 0.4) is 0 Å². The van der Waals surface area contributed by atoms with E-state index in [9.17, 15) is 0 Å². The molecule has 0 aliphatic carbocycles. The van der Waals surface area contributed by atoms with Crippen LogP contribution in [0.15, 0.2) is 18.3 Å². The summed E-state index contributed by atoms with van der Waals surface area (Å²) in [4.78, 5) is 6.89. The Morgan fingerprint density at radius 3 is 3.12 bits per heavy atom. The van der Waals surface area contributed by atoms with Gasteiger partial charge in [0.2, 0.25) is 0 Å². The topological polar surface area (TPSA) is 42.1 Å². The average molecular weight is 237 g/mol. The highest BCUT2D eigenvalue weighted by Gasteiger charge is 2.22. The molecule has 4 heteroatoms. The van der Waals surface area contributed by atoms with Crippen LogP contribution in [-0.4, -0.2) is 29.1 Å². The molecule has 0 aromatic carbocycles. The lowest BCUT2D eigenvalue weighted by Crippen LogP contribution is -2.41. The Morgan fingerprint density at radius 1 is 1.62 bits per heavy atom. The van der Waals surface area contributed by atoms with Crippen molar-refractivity contribution in [2.75, 3.05) is 23.0 Å². The lowest BCUT2D eigenvalue weighted by atomic mass is 10.1. The summed E-state index contributed by atoms with van der Waals surface area (Å²) in [6.45, 7) is 5.35. The molecule has 0 bridgehead atoms. The minimum atomic E-state index is 0.0467. The molecule has 1 fully saturated rings. The van der Waals surface area contributed by atoms with E-state index in [4.69, 9.17) is 5.73 Å². The fourth-order valence-electron chi connectivity index (χ4n) is 2.05. The second kappa shape index (κ2) is 5.06. The van der Waals surface area contributed by atoms with Crippen molar-refractivity contribution in [3.8, 4) is 0 Å². The normalized spacial score (nSPS) is 23.2. The van der Waals surface area contributed by atoms with Gasteiger partial charge in [-0.15, -0.1) is 0 Å². The van der Waals surface area contributed by atoms with Crippen LogP contribution in [0.25, 0.3) is 0 Å². The standard InChI is InChI=1S/C12H19N3S/c1-9-8-16-7-6-15(9)12-11(10(2)13)4-3-5-14-12/h3-5,9-10H,6-8,13H2,1-2H3. The summed E-state index contributed by atoms with van der Waals surface area (Å²) in [7, 11) is 0. The molecule has 2 N–H and O–H groups in total. The first-order valence-electron chi connectivity index (χ1n) is 5.75. The predicted molar refractivity (Wildman–Crippen MR) is 71.0 cm³/mol. The van der Waals surface area contributed by atoms with Crippen molar-refractivity contribution in [1.82, 2.24) is 4.98 Å². The van der Waals surface area contributed by atoms with E-state index >= 15 is 0 Å². The molecule has 3 nitrogen and oxygen atoms in total. The summed E-state index contributed by atoms with van der Waals surface area (Å²) in [5.74, 6) is 3.43. The number of hydrogen-bond donors (Lipinski definition) is 1. The van der Waals surface area contributed by atoms with Gasteiger partial charge in [0, 0.05) is 41.9 Å². The molecule has 1 aromatic heterocycles. The summed E-state index contributed by atoms with van der Waals surface area (Å²) in [6.07, 6.45) is 1.86. The second-order valence-corrected chi connectivity index (χ2v) is 5.47. The Kier molecular flexibility index (Phi) is 3.71. The van der Waals surface area contributed by atoms with Gasteiger partial charge in [0.25, 0.3) is 0 Å². The van der Waals surface area contributed by atoms with Gasteiger partial charge in [-0.05, 0) is 19.9 Å². The Bertz CT molecular complexity index is 354. The number of pyridine rings is 1. The molecule has 16 heavy (non-hydrogen) atoms. The highest BCUT2D eigenvalue weighted by molar-refractivity contribution is 7.99. The fourth-order valence-corrected chi connectivity index (χ4v) is 3.06. The van der Waals surface area contributed by atoms with E-state index in [-0.39, 0.29) is 6.04 Å². The SMILES string of the molecule is CC(N)c1cccnc1N1CCSCC1C. The van der Waals surface area contributed by atoms with Gasteiger partial charge in [-0.1, -0.05) is 6.07 Å². The summed E-state index contributed by atoms with van der Waals surface area (Å²) in [5, 5.41) is 0. The number of aromatic nitrogens is 1. The van der Waals surface area contributed by atoms with Crippen LogP contribution in [0.1, 0.15) is 25.5 Å². The molecule has 1 aliphatic heterocycles. The van der Waals surface area contributed by atoms with Crippen LogP contribution < -0.4 is 10.6 Å². The molecule has 2 heterocycles. The molecule has 2 atom stereocenters. The minimum Gasteiger partial charge on any atom is -0.352 e. The van der Waals surface area contributed by atoms with Crippen LogP contribution in [0.5, 0.6) is 0 Å². The fraction of sp³-hybridized carbons (Fsp3) is 0.583. The van der Waals surface area contributed by atoms with E-state index in [1.54, 1.807) is 0 Å². The van der Waals surface area contributed by atoms with Crippen molar-refractivity contribution in [2.45, 2.75) is 25.9 Å². The lowest BCUT2D eigenvalue weighted by molar-refractivity contribution is 0.676. The summed E-state index contributed by atoms with van der Waals surface area (Å²) in [6, 6.07) is 4.64. The smallest absolute Gasteiger partial charge is 0.133 e. The minimum absolute atomic E-state index is 0.0467. The van der Waals surface area contributed by atoms with Gasteiger partial charge in [0.05, 0.1) is 0 Å². The summed E-state index contributed by atoms with van der Waals surface area (Å²) in [5.41, 5.74) is 7.15. The van der Waals surface area contributed by atoms with E-state index in [0.29, 0.717) is 6.04 Å². The zero-order valence-corrected chi connectivity index (χ0v) is 10.7. The van der Waals surface area contributed by atoms with Crippen LogP contribution in [0.4, 0.5) is 5.82 Å². The molecular weight excluding hydrogens is 218 g/mol. The molecule has 2 unspecified atom stereocenters. The molecule has 1 aliphatic rings. The van der Waals surface area contributed by atoms with Gasteiger partial charge < -0.3 is 10.6 Å². The summed E-state index contributed by atoms with van der Waals surface area (Å²) >= 11 is 2.01. The van der Waals surface area contributed by atoms with Crippen LogP contribution in [-0.2, 0) is 0 Å². The Hall–Kier alpha value is -0.740. The number of thioether (sulfide) groups is 1. The van der Waals surface area contributed by atoms with Crippen molar-refractivity contribution >= 4 is 17.6 Å². The first kappa shape index (κ1) is 11.7. The zero-order valence-electron chi connectivity index (χ0n) is 9.89. The first-order chi connectivity index (χ1) is 7.70. The highest BCUT2D eigenvalue weighted by Crippen LogP contribution is 2.27. The summed E-state index contributed by atoms with van der Waals surface area (Å²) < 4.78 is 0. The van der Waals surface area contributed by atoms with Gasteiger partial charge in [0.1, 0.15) is 5.82 Å². The largest absolute Gasteiger partial charge is 0.352 e. The van der Waals surface area contributed by atoms with Gasteiger partial charge >= 0.3 is 0 Å². The molecule has 2 rings (SSSR count). The maximum absolute atomic E-state index is 5.99. The zero-order chi connectivity index (χ0) is 11.5. The Balaban J connectivity index is 2.31. The Labute approximate surface area is 101 Å². The van der Waals surface area contributed by atoms with Crippen molar-refractivity contribution in [1.29, 1.82) is 0 Å². The first-order valence-corrected chi connectivity index (χ1v) is 6.90. The van der Waals surface area contributed by atoms with Crippen LogP contribution in [0, 0.1) is 0 Å².